The number of nitrogens with one attached hydrogen (secondary N) is 1. The maximum absolute atomic E-state index is 12.4. The summed E-state index contributed by atoms with van der Waals surface area (Å²) in [5, 5.41) is 27.5. The molecule has 0 fully saturated rings. The van der Waals surface area contributed by atoms with Gasteiger partial charge in [0, 0.05) is 11.1 Å². The van der Waals surface area contributed by atoms with Crippen LogP contribution in [0.2, 0.25) is 5.02 Å². The first-order valence-corrected chi connectivity index (χ1v) is 10.4. The second kappa shape index (κ2) is 10.5. The number of nitrogens with zero attached hydrogens (tertiary/aromatic N) is 3. The van der Waals surface area contributed by atoms with Crippen LogP contribution < -0.4 is 19.9 Å². The maximum Gasteiger partial charge on any atom is 0.262 e. The van der Waals surface area contributed by atoms with Gasteiger partial charge in [0.25, 0.3) is 5.91 Å². The van der Waals surface area contributed by atoms with Gasteiger partial charge in [0.05, 0.1) is 34.6 Å². The second-order valence-corrected chi connectivity index (χ2v) is 7.49. The Morgan fingerprint density at radius 3 is 2.47 bits per heavy atom. The zero-order valence-corrected chi connectivity index (χ0v) is 18.3. The highest BCUT2D eigenvalue weighted by Gasteiger charge is 2.13. The number of ether oxygens (including phenoxy) is 2. The number of hydrogen-bond donors (Lipinski definition) is 2. The van der Waals surface area contributed by atoms with E-state index < -0.39 is 5.91 Å². The van der Waals surface area contributed by atoms with Gasteiger partial charge in [-0.15, -0.1) is 0 Å². The Morgan fingerprint density at radius 2 is 1.84 bits per heavy atom. The number of carbonyl (C=O) groups is 1. The van der Waals surface area contributed by atoms with E-state index in [1.807, 2.05) is 12.1 Å². The topological polar surface area (TPSA) is 134 Å². The summed E-state index contributed by atoms with van der Waals surface area (Å²) in [6.45, 7) is 1.46. The number of nitrogens with two attached hydrogens (primary N) is 1. The van der Waals surface area contributed by atoms with Crippen LogP contribution in [0.1, 0.15) is 16.8 Å². The average molecular weight is 466 g/mol. The molecule has 2 aromatic carbocycles. The Kier molecular flexibility index (Phi) is 7.53. The van der Waals surface area contributed by atoms with Crippen molar-refractivity contribution in [3.8, 4) is 29.4 Å². The molecule has 0 unspecified atom stereocenters. The van der Waals surface area contributed by atoms with Crippen molar-refractivity contribution in [2.45, 2.75) is 11.9 Å². The first-order valence-electron chi connectivity index (χ1n) is 9.11. The molecular weight excluding hydrogens is 450 g/mol. The number of amides is 1. The van der Waals surface area contributed by atoms with Crippen LogP contribution >= 0.6 is 23.5 Å². The molecule has 1 amide bonds. The molecule has 0 atom stereocenters. The van der Waals surface area contributed by atoms with Crippen LogP contribution in [0.4, 0.5) is 5.69 Å². The number of carbonyl (C=O) groups excluding carboxylic acids is 1. The molecule has 0 bridgehead atoms. The van der Waals surface area contributed by atoms with Gasteiger partial charge in [0.2, 0.25) is 0 Å². The molecule has 3 rings (SSSR count). The van der Waals surface area contributed by atoms with Gasteiger partial charge in [0.1, 0.15) is 10.8 Å². The number of rotatable bonds is 7. The SMILES string of the molecule is Cc1nc(SN)ccc1NC(=O)COc1ccc(Cl)cc1Oc1cc(C#N)cc(C#N)c1. The van der Waals surface area contributed by atoms with Gasteiger partial charge < -0.3 is 14.8 Å². The van der Waals surface area contributed by atoms with Crippen molar-refractivity contribution < 1.29 is 14.3 Å². The van der Waals surface area contributed by atoms with Gasteiger partial charge in [0.15, 0.2) is 18.1 Å². The van der Waals surface area contributed by atoms with Crippen molar-refractivity contribution in [3.63, 3.8) is 0 Å². The van der Waals surface area contributed by atoms with Crippen LogP contribution in [0.25, 0.3) is 0 Å². The Hall–Kier alpha value is -3.76. The molecule has 160 valence electrons. The molecule has 3 aromatic rings. The summed E-state index contributed by atoms with van der Waals surface area (Å²) >= 11 is 7.09. The van der Waals surface area contributed by atoms with Gasteiger partial charge in [-0.3, -0.25) is 9.93 Å². The van der Waals surface area contributed by atoms with E-state index in [0.29, 0.717) is 21.4 Å². The van der Waals surface area contributed by atoms with Crippen molar-refractivity contribution in [2.75, 3.05) is 11.9 Å². The van der Waals surface area contributed by atoms with Crippen LogP contribution in [0.15, 0.2) is 53.6 Å². The molecule has 1 aromatic heterocycles. The fraction of sp³-hybridized carbons (Fsp3) is 0.0909. The Bertz CT molecular complexity index is 1220. The lowest BCUT2D eigenvalue weighted by Crippen LogP contribution is -2.21. The fourth-order valence-electron chi connectivity index (χ4n) is 2.66. The predicted octanol–water partition coefficient (Wildman–Crippen LogP) is 4.56. The van der Waals surface area contributed by atoms with E-state index in [9.17, 15) is 4.79 Å². The Labute approximate surface area is 193 Å². The summed E-state index contributed by atoms with van der Waals surface area (Å²) < 4.78 is 11.4. The maximum atomic E-state index is 12.4. The van der Waals surface area contributed by atoms with Gasteiger partial charge in [-0.25, -0.2) is 4.98 Å². The monoisotopic (exact) mass is 465 g/mol. The molecule has 0 aliphatic heterocycles. The molecule has 0 saturated carbocycles. The van der Waals surface area contributed by atoms with Gasteiger partial charge in [-0.2, -0.15) is 10.5 Å². The second-order valence-electron chi connectivity index (χ2n) is 6.40. The zero-order chi connectivity index (χ0) is 23.1. The highest BCUT2D eigenvalue weighted by atomic mass is 35.5. The molecule has 0 aliphatic carbocycles. The van der Waals surface area contributed by atoms with Crippen LogP contribution in [0.5, 0.6) is 17.2 Å². The minimum Gasteiger partial charge on any atom is -0.480 e. The van der Waals surface area contributed by atoms with E-state index in [0.717, 1.165) is 11.9 Å². The van der Waals surface area contributed by atoms with E-state index in [2.05, 4.69) is 10.3 Å². The quantitative estimate of drug-likeness (QED) is 0.485. The molecule has 3 N–H and O–H groups in total. The van der Waals surface area contributed by atoms with Crippen molar-refractivity contribution in [1.29, 1.82) is 10.5 Å². The smallest absolute Gasteiger partial charge is 0.262 e. The zero-order valence-electron chi connectivity index (χ0n) is 16.8. The summed E-state index contributed by atoms with van der Waals surface area (Å²) in [5.41, 5.74) is 1.70. The lowest BCUT2D eigenvalue weighted by atomic mass is 10.1. The van der Waals surface area contributed by atoms with Crippen molar-refractivity contribution >= 4 is 35.1 Å². The third kappa shape index (κ3) is 5.90. The average Bonchev–Trinajstić information content (AvgIpc) is 2.79. The molecule has 32 heavy (non-hydrogen) atoms. The first-order chi connectivity index (χ1) is 15.4. The Morgan fingerprint density at radius 1 is 1.12 bits per heavy atom. The van der Waals surface area contributed by atoms with Crippen LogP contribution in [-0.2, 0) is 4.79 Å². The van der Waals surface area contributed by atoms with E-state index in [4.69, 9.17) is 36.7 Å². The largest absolute Gasteiger partial charge is 0.480 e. The van der Waals surface area contributed by atoms with Crippen LogP contribution in [0, 0.1) is 29.6 Å². The molecule has 10 heteroatoms. The van der Waals surface area contributed by atoms with Gasteiger partial charge >= 0.3 is 0 Å². The number of aryl methyl sites for hydroxylation is 1. The minimum absolute atomic E-state index is 0.228. The van der Waals surface area contributed by atoms with E-state index >= 15 is 0 Å². The summed E-state index contributed by atoms with van der Waals surface area (Å²) in [7, 11) is 0. The number of halogens is 1. The molecule has 0 aliphatic rings. The van der Waals surface area contributed by atoms with Crippen molar-refractivity contribution in [3.05, 3.63) is 70.4 Å². The number of anilines is 1. The van der Waals surface area contributed by atoms with Gasteiger partial charge in [-0.05, 0) is 61.3 Å². The van der Waals surface area contributed by atoms with Gasteiger partial charge in [-0.1, -0.05) is 11.6 Å². The number of pyridine rings is 1. The van der Waals surface area contributed by atoms with E-state index in [-0.39, 0.29) is 35.0 Å². The van der Waals surface area contributed by atoms with Crippen molar-refractivity contribution in [1.82, 2.24) is 4.98 Å². The number of aromatic nitrogens is 1. The molecule has 1 heterocycles. The van der Waals surface area contributed by atoms with E-state index in [1.165, 1.54) is 24.3 Å². The molecule has 8 nitrogen and oxygen atoms in total. The Balaban J connectivity index is 1.74. The lowest BCUT2D eigenvalue weighted by Gasteiger charge is -2.14. The molecule has 0 spiro atoms. The summed E-state index contributed by atoms with van der Waals surface area (Å²) in [6, 6.07) is 16.4. The number of nitriles is 2. The molecule has 0 radical (unpaired) electrons. The van der Waals surface area contributed by atoms with E-state index in [1.54, 1.807) is 31.2 Å². The summed E-state index contributed by atoms with van der Waals surface area (Å²) in [5.74, 6) is 0.348. The predicted molar refractivity (Wildman–Crippen MR) is 121 cm³/mol. The summed E-state index contributed by atoms with van der Waals surface area (Å²) in [4.78, 5) is 16.6. The third-order valence-corrected chi connectivity index (χ3v) is 4.82. The minimum atomic E-state index is -0.401. The molecule has 0 saturated heterocycles. The standard InChI is InChI=1S/C22H16ClN5O3S/c1-13-18(3-5-22(27-13)32-26)28-21(29)12-30-19-4-2-16(23)9-20(19)31-17-7-14(10-24)6-15(8-17)11-25/h2-9H,12,26H2,1H3,(H,28,29). The first kappa shape index (κ1) is 22.9. The van der Waals surface area contributed by atoms with Crippen molar-refractivity contribution in [2.24, 2.45) is 5.14 Å². The van der Waals surface area contributed by atoms with Crippen LogP contribution in [-0.4, -0.2) is 17.5 Å². The normalized spacial score (nSPS) is 10.0. The third-order valence-electron chi connectivity index (χ3n) is 4.11. The fourth-order valence-corrected chi connectivity index (χ4v) is 3.16. The summed E-state index contributed by atoms with van der Waals surface area (Å²) in [6.07, 6.45) is 0. The lowest BCUT2D eigenvalue weighted by molar-refractivity contribution is -0.118. The number of benzene rings is 2. The highest BCUT2D eigenvalue weighted by molar-refractivity contribution is 7.97. The highest BCUT2D eigenvalue weighted by Crippen LogP contribution is 2.35. The number of hydrogen-bond acceptors (Lipinski definition) is 8. The van der Waals surface area contributed by atoms with Crippen LogP contribution in [0.3, 0.4) is 0 Å². The molecular formula is C22H16ClN5O3S.